The number of nitrogens with zero attached hydrogens (tertiary/aromatic N) is 2. The van der Waals surface area contributed by atoms with Gasteiger partial charge in [0.05, 0.1) is 4.90 Å². The number of benzene rings is 1. The molecular weight excluding hydrogens is 285 g/mol. The lowest BCUT2D eigenvalue weighted by Gasteiger charge is -2.14. The normalized spacial score (nSPS) is 12.4. The summed E-state index contributed by atoms with van der Waals surface area (Å²) in [6, 6.07) is 5.48. The minimum atomic E-state index is -0.230. The fraction of sp³-hybridized carbons (Fsp3) is 0.375. The Morgan fingerprint density at radius 3 is 2.62 bits per heavy atom. The lowest BCUT2D eigenvalue weighted by atomic mass is 10.1. The Kier molecular flexibility index (Phi) is 5.70. The van der Waals surface area contributed by atoms with Gasteiger partial charge in [0.15, 0.2) is 5.16 Å². The zero-order valence-corrected chi connectivity index (χ0v) is 13.4. The van der Waals surface area contributed by atoms with E-state index in [0.29, 0.717) is 10.1 Å². The third-order valence-corrected chi connectivity index (χ3v) is 4.06. The van der Waals surface area contributed by atoms with Crippen molar-refractivity contribution in [3.05, 3.63) is 47.5 Å². The van der Waals surface area contributed by atoms with E-state index >= 15 is 0 Å². The molecule has 0 aliphatic rings. The Labute approximate surface area is 129 Å². The summed E-state index contributed by atoms with van der Waals surface area (Å²) in [6.07, 6.45) is 4.53. The van der Waals surface area contributed by atoms with Gasteiger partial charge in [-0.3, -0.25) is 0 Å². The molecular formula is C16H20FN3S. The molecule has 1 aromatic heterocycles. The Morgan fingerprint density at radius 1 is 1.29 bits per heavy atom. The molecule has 0 amide bonds. The molecule has 0 fully saturated rings. The van der Waals surface area contributed by atoms with Gasteiger partial charge in [0.2, 0.25) is 0 Å². The van der Waals surface area contributed by atoms with Crippen LogP contribution in [-0.4, -0.2) is 16.5 Å². The number of aryl methyl sites for hydroxylation is 1. The average Bonchev–Trinajstić information content (AvgIpc) is 2.49. The molecule has 1 aromatic carbocycles. The Hall–Kier alpha value is -1.46. The Balaban J connectivity index is 2.10. The summed E-state index contributed by atoms with van der Waals surface area (Å²) in [6.45, 7) is 7.01. The molecule has 0 aliphatic heterocycles. The largest absolute Gasteiger partial charge is 0.310 e. The minimum Gasteiger partial charge on any atom is -0.310 e. The van der Waals surface area contributed by atoms with E-state index in [1.54, 1.807) is 24.5 Å². The highest BCUT2D eigenvalue weighted by Crippen LogP contribution is 2.28. The van der Waals surface area contributed by atoms with Crippen molar-refractivity contribution < 1.29 is 4.39 Å². The first-order valence-corrected chi connectivity index (χ1v) is 7.91. The van der Waals surface area contributed by atoms with Crippen molar-refractivity contribution in [3.8, 4) is 0 Å². The van der Waals surface area contributed by atoms with Gasteiger partial charge in [-0.05, 0) is 61.8 Å². The number of aromatic nitrogens is 2. The van der Waals surface area contributed by atoms with Crippen LogP contribution in [0.5, 0.6) is 0 Å². The summed E-state index contributed by atoms with van der Waals surface area (Å²) in [5.74, 6) is -0.230. The molecule has 2 aromatic rings. The third kappa shape index (κ3) is 4.51. The van der Waals surface area contributed by atoms with Gasteiger partial charge in [-0.15, -0.1) is 0 Å². The fourth-order valence-electron chi connectivity index (χ4n) is 1.88. The highest BCUT2D eigenvalue weighted by molar-refractivity contribution is 7.99. The lowest BCUT2D eigenvalue weighted by Crippen LogP contribution is -2.19. The predicted octanol–water partition coefficient (Wildman–Crippen LogP) is 4.14. The highest BCUT2D eigenvalue weighted by atomic mass is 32.2. The van der Waals surface area contributed by atoms with Crippen LogP contribution in [0.1, 0.15) is 37.4 Å². The summed E-state index contributed by atoms with van der Waals surface area (Å²) in [4.78, 5) is 8.92. The summed E-state index contributed by atoms with van der Waals surface area (Å²) in [5, 5.41) is 3.91. The first-order valence-electron chi connectivity index (χ1n) is 7.09. The fourth-order valence-corrected chi connectivity index (χ4v) is 2.58. The van der Waals surface area contributed by atoms with Crippen molar-refractivity contribution >= 4 is 11.8 Å². The van der Waals surface area contributed by atoms with Gasteiger partial charge in [0.1, 0.15) is 5.82 Å². The maximum atomic E-state index is 14.2. The molecule has 0 saturated carbocycles. The van der Waals surface area contributed by atoms with Gasteiger partial charge >= 0.3 is 0 Å². The van der Waals surface area contributed by atoms with Crippen molar-refractivity contribution in [1.29, 1.82) is 0 Å². The van der Waals surface area contributed by atoms with E-state index in [2.05, 4.69) is 22.2 Å². The predicted molar refractivity (Wildman–Crippen MR) is 84.0 cm³/mol. The molecule has 0 bridgehead atoms. The third-order valence-electron chi connectivity index (χ3n) is 3.11. The molecule has 0 radical (unpaired) electrons. The van der Waals surface area contributed by atoms with Crippen molar-refractivity contribution in [2.75, 3.05) is 6.54 Å². The number of nitrogens with one attached hydrogen (secondary N) is 1. The maximum absolute atomic E-state index is 14.2. The van der Waals surface area contributed by atoms with E-state index in [-0.39, 0.29) is 11.9 Å². The van der Waals surface area contributed by atoms with Crippen LogP contribution in [0, 0.1) is 12.7 Å². The molecule has 2 rings (SSSR count). The lowest BCUT2D eigenvalue weighted by molar-refractivity contribution is 0.556. The van der Waals surface area contributed by atoms with Crippen LogP contribution in [0.3, 0.4) is 0 Å². The van der Waals surface area contributed by atoms with Crippen LogP contribution >= 0.6 is 11.8 Å². The first kappa shape index (κ1) is 15.9. The number of rotatable bonds is 6. The molecule has 1 N–H and O–H groups in total. The second-order valence-electron chi connectivity index (χ2n) is 5.01. The molecule has 1 heterocycles. The maximum Gasteiger partial charge on any atom is 0.192 e. The van der Waals surface area contributed by atoms with Gasteiger partial charge in [-0.25, -0.2) is 14.4 Å². The van der Waals surface area contributed by atoms with Crippen molar-refractivity contribution in [1.82, 2.24) is 15.3 Å². The number of hydrogen-bond donors (Lipinski definition) is 1. The van der Waals surface area contributed by atoms with Crippen LogP contribution in [-0.2, 0) is 0 Å². The summed E-state index contributed by atoms with van der Waals surface area (Å²) in [5.41, 5.74) is 1.95. The molecule has 1 unspecified atom stereocenters. The van der Waals surface area contributed by atoms with Crippen LogP contribution in [0.25, 0.3) is 0 Å². The average molecular weight is 305 g/mol. The summed E-state index contributed by atoms with van der Waals surface area (Å²) >= 11 is 1.24. The number of halogens is 1. The molecule has 5 heteroatoms. The molecule has 0 spiro atoms. The van der Waals surface area contributed by atoms with Crippen molar-refractivity contribution in [2.45, 2.75) is 43.3 Å². The standard InChI is InChI=1S/C16H20FN3S/c1-4-7-18-12(3)13-5-6-15(14(17)8-13)21-16-19-9-11(2)10-20-16/h5-6,8-10,12,18H,4,7H2,1-3H3. The van der Waals surface area contributed by atoms with Crippen LogP contribution < -0.4 is 5.32 Å². The monoisotopic (exact) mass is 305 g/mol. The van der Waals surface area contributed by atoms with E-state index in [1.165, 1.54) is 11.8 Å². The van der Waals surface area contributed by atoms with E-state index < -0.39 is 0 Å². The van der Waals surface area contributed by atoms with Crippen LogP contribution in [0.15, 0.2) is 40.6 Å². The summed E-state index contributed by atoms with van der Waals surface area (Å²) in [7, 11) is 0. The molecule has 112 valence electrons. The Bertz CT molecular complexity index is 587. The quantitative estimate of drug-likeness (QED) is 0.814. The smallest absolute Gasteiger partial charge is 0.192 e. The van der Waals surface area contributed by atoms with Gasteiger partial charge in [0.25, 0.3) is 0 Å². The van der Waals surface area contributed by atoms with E-state index in [9.17, 15) is 4.39 Å². The zero-order valence-electron chi connectivity index (χ0n) is 12.6. The Morgan fingerprint density at radius 2 is 2.00 bits per heavy atom. The first-order chi connectivity index (χ1) is 10.1. The zero-order chi connectivity index (χ0) is 15.2. The minimum absolute atomic E-state index is 0.147. The van der Waals surface area contributed by atoms with E-state index in [4.69, 9.17) is 0 Å². The second-order valence-corrected chi connectivity index (χ2v) is 6.02. The van der Waals surface area contributed by atoms with Crippen LogP contribution in [0.4, 0.5) is 4.39 Å². The highest BCUT2D eigenvalue weighted by Gasteiger charge is 2.10. The summed E-state index contributed by atoms with van der Waals surface area (Å²) < 4.78 is 14.2. The van der Waals surface area contributed by atoms with Gasteiger partial charge < -0.3 is 5.32 Å². The molecule has 3 nitrogen and oxygen atoms in total. The van der Waals surface area contributed by atoms with Gasteiger partial charge in [-0.1, -0.05) is 13.0 Å². The SMILES string of the molecule is CCCNC(C)c1ccc(Sc2ncc(C)cn2)c(F)c1. The molecule has 0 saturated heterocycles. The number of hydrogen-bond acceptors (Lipinski definition) is 4. The molecule has 1 atom stereocenters. The second kappa shape index (κ2) is 7.52. The van der Waals surface area contributed by atoms with Crippen molar-refractivity contribution in [3.63, 3.8) is 0 Å². The molecule has 0 aliphatic carbocycles. The van der Waals surface area contributed by atoms with Crippen molar-refractivity contribution in [2.24, 2.45) is 0 Å². The van der Waals surface area contributed by atoms with E-state index in [0.717, 1.165) is 24.1 Å². The molecule has 21 heavy (non-hydrogen) atoms. The van der Waals surface area contributed by atoms with Gasteiger partial charge in [0, 0.05) is 18.4 Å². The topological polar surface area (TPSA) is 37.8 Å². The van der Waals surface area contributed by atoms with Crippen LogP contribution in [0.2, 0.25) is 0 Å². The van der Waals surface area contributed by atoms with Gasteiger partial charge in [-0.2, -0.15) is 0 Å². The van der Waals surface area contributed by atoms with E-state index in [1.807, 2.05) is 19.9 Å².